The lowest BCUT2D eigenvalue weighted by Gasteiger charge is -2.36. The highest BCUT2D eigenvalue weighted by Gasteiger charge is 2.33. The van der Waals surface area contributed by atoms with Crippen LogP contribution in [-0.2, 0) is 6.42 Å². The zero-order valence-corrected chi connectivity index (χ0v) is 15.6. The van der Waals surface area contributed by atoms with Crippen molar-refractivity contribution in [2.24, 2.45) is 0 Å². The quantitative estimate of drug-likeness (QED) is 0.540. The Kier molecular flexibility index (Phi) is 4.55. The van der Waals surface area contributed by atoms with Gasteiger partial charge in [-0.3, -0.25) is 4.79 Å². The lowest BCUT2D eigenvalue weighted by Crippen LogP contribution is -2.40. The van der Waals surface area contributed by atoms with Crippen molar-refractivity contribution in [3.05, 3.63) is 91.6 Å². The van der Waals surface area contributed by atoms with E-state index in [0.29, 0.717) is 22.2 Å². The first kappa shape index (κ1) is 16.6. The fourth-order valence-corrected chi connectivity index (χ4v) is 4.45. The minimum absolute atomic E-state index is 0.0217. The molecule has 2 aromatic carbocycles. The lowest BCUT2D eigenvalue weighted by molar-refractivity contribution is 0.0696. The van der Waals surface area contributed by atoms with Gasteiger partial charge in [-0.05, 0) is 65.4 Å². The molecule has 2 nitrogen and oxygen atoms in total. The maximum Gasteiger partial charge on any atom is 0.254 e. The molecule has 0 bridgehead atoms. The number of benzene rings is 2. The average molecular weight is 388 g/mol. The van der Waals surface area contributed by atoms with Gasteiger partial charge in [0.05, 0.1) is 6.04 Å². The van der Waals surface area contributed by atoms with Crippen molar-refractivity contribution >= 4 is 40.4 Å². The standard InChI is InChI=1S/C20H15Cl2NOS/c21-15-5-1-13(2-6-15)19-17-10-12-25-18(17)9-11-23(19)20(24)14-3-7-16(22)8-4-14/h1-8,10,12,19H,9,11H2. The van der Waals surface area contributed by atoms with Gasteiger partial charge in [0.2, 0.25) is 0 Å². The monoisotopic (exact) mass is 387 g/mol. The molecule has 1 aromatic heterocycles. The van der Waals surface area contributed by atoms with E-state index in [4.69, 9.17) is 23.2 Å². The molecule has 0 N–H and O–H groups in total. The molecule has 0 radical (unpaired) electrons. The molecule has 1 aliphatic heterocycles. The summed E-state index contributed by atoms with van der Waals surface area (Å²) in [5.41, 5.74) is 2.94. The maximum atomic E-state index is 13.2. The van der Waals surface area contributed by atoms with Crippen LogP contribution in [0.25, 0.3) is 0 Å². The van der Waals surface area contributed by atoms with Crippen molar-refractivity contribution in [1.82, 2.24) is 4.90 Å². The van der Waals surface area contributed by atoms with Gasteiger partial charge in [0.25, 0.3) is 5.91 Å². The van der Waals surface area contributed by atoms with E-state index in [1.165, 1.54) is 10.4 Å². The third-order valence-corrected chi connectivity index (χ3v) is 6.00. The van der Waals surface area contributed by atoms with Gasteiger partial charge in [0.1, 0.15) is 0 Å². The van der Waals surface area contributed by atoms with E-state index in [0.717, 1.165) is 12.0 Å². The van der Waals surface area contributed by atoms with Crippen LogP contribution in [0.1, 0.15) is 32.4 Å². The molecule has 0 saturated carbocycles. The highest BCUT2D eigenvalue weighted by atomic mass is 35.5. The second-order valence-corrected chi connectivity index (χ2v) is 7.88. The number of fused-ring (bicyclic) bond motifs is 1. The van der Waals surface area contributed by atoms with E-state index in [1.54, 1.807) is 35.6 Å². The Morgan fingerprint density at radius 3 is 2.28 bits per heavy atom. The number of rotatable bonds is 2. The number of nitrogens with zero attached hydrogens (tertiary/aromatic N) is 1. The highest BCUT2D eigenvalue weighted by Crippen LogP contribution is 2.38. The summed E-state index contributed by atoms with van der Waals surface area (Å²) >= 11 is 13.8. The van der Waals surface area contributed by atoms with Crippen molar-refractivity contribution in [1.29, 1.82) is 0 Å². The Hall–Kier alpha value is -1.81. The van der Waals surface area contributed by atoms with Crippen LogP contribution >= 0.6 is 34.5 Å². The van der Waals surface area contributed by atoms with Gasteiger partial charge in [-0.1, -0.05) is 35.3 Å². The molecule has 0 saturated heterocycles. The van der Waals surface area contributed by atoms with E-state index in [-0.39, 0.29) is 11.9 Å². The predicted molar refractivity (Wildman–Crippen MR) is 104 cm³/mol. The number of amides is 1. The maximum absolute atomic E-state index is 13.2. The van der Waals surface area contributed by atoms with Gasteiger partial charge < -0.3 is 4.90 Å². The molecule has 1 atom stereocenters. The molecule has 1 unspecified atom stereocenters. The Morgan fingerprint density at radius 2 is 1.60 bits per heavy atom. The van der Waals surface area contributed by atoms with Gasteiger partial charge in [-0.25, -0.2) is 0 Å². The Morgan fingerprint density at radius 1 is 0.960 bits per heavy atom. The van der Waals surface area contributed by atoms with Crippen LogP contribution in [0.3, 0.4) is 0 Å². The van der Waals surface area contributed by atoms with Crippen LogP contribution in [-0.4, -0.2) is 17.4 Å². The minimum Gasteiger partial charge on any atom is -0.327 e. The number of hydrogen-bond donors (Lipinski definition) is 0. The topological polar surface area (TPSA) is 20.3 Å². The number of carbonyl (C=O) groups excluding carboxylic acids is 1. The van der Waals surface area contributed by atoms with Crippen molar-refractivity contribution < 1.29 is 4.79 Å². The smallest absolute Gasteiger partial charge is 0.254 e. The van der Waals surface area contributed by atoms with E-state index in [2.05, 4.69) is 11.4 Å². The van der Waals surface area contributed by atoms with Gasteiger partial charge >= 0.3 is 0 Å². The molecule has 3 aromatic rings. The lowest BCUT2D eigenvalue weighted by atomic mass is 9.92. The average Bonchev–Trinajstić information content (AvgIpc) is 3.10. The van der Waals surface area contributed by atoms with E-state index in [1.807, 2.05) is 29.2 Å². The zero-order valence-electron chi connectivity index (χ0n) is 13.3. The fraction of sp³-hybridized carbons (Fsp3) is 0.150. The molecule has 4 rings (SSSR count). The summed E-state index contributed by atoms with van der Waals surface area (Å²) in [4.78, 5) is 16.4. The predicted octanol–water partition coefficient (Wildman–Crippen LogP) is 5.84. The van der Waals surface area contributed by atoms with Crippen LogP contribution < -0.4 is 0 Å². The molecular weight excluding hydrogens is 373 g/mol. The van der Waals surface area contributed by atoms with Crippen LogP contribution in [0.5, 0.6) is 0 Å². The number of carbonyl (C=O) groups is 1. The molecule has 126 valence electrons. The van der Waals surface area contributed by atoms with Crippen molar-refractivity contribution in [2.45, 2.75) is 12.5 Å². The third-order valence-electron chi connectivity index (χ3n) is 4.50. The summed E-state index contributed by atoms with van der Waals surface area (Å²) < 4.78 is 0. The summed E-state index contributed by atoms with van der Waals surface area (Å²) in [6.07, 6.45) is 0.885. The van der Waals surface area contributed by atoms with Crippen molar-refractivity contribution in [3.63, 3.8) is 0 Å². The summed E-state index contributed by atoms with van der Waals surface area (Å²) in [7, 11) is 0. The second-order valence-electron chi connectivity index (χ2n) is 6.01. The fourth-order valence-electron chi connectivity index (χ4n) is 3.30. The largest absolute Gasteiger partial charge is 0.327 e. The molecular formula is C20H15Cl2NOS. The van der Waals surface area contributed by atoms with Gasteiger partial charge in [0.15, 0.2) is 0 Å². The normalized spacial score (nSPS) is 16.6. The molecule has 0 fully saturated rings. The van der Waals surface area contributed by atoms with Crippen molar-refractivity contribution in [3.8, 4) is 0 Å². The number of halogens is 2. The van der Waals surface area contributed by atoms with E-state index < -0.39 is 0 Å². The molecule has 0 spiro atoms. The summed E-state index contributed by atoms with van der Waals surface area (Å²) in [6.45, 7) is 0.697. The molecule has 5 heteroatoms. The Bertz CT molecular complexity index is 902. The van der Waals surface area contributed by atoms with Crippen LogP contribution in [0.15, 0.2) is 60.0 Å². The molecule has 1 aliphatic rings. The number of thiophene rings is 1. The SMILES string of the molecule is O=C(c1ccc(Cl)cc1)N1CCc2sccc2C1c1ccc(Cl)cc1. The summed E-state index contributed by atoms with van der Waals surface area (Å²) in [5.74, 6) is 0.0217. The first-order valence-corrected chi connectivity index (χ1v) is 9.65. The highest BCUT2D eigenvalue weighted by molar-refractivity contribution is 7.10. The minimum atomic E-state index is -0.0876. The summed E-state index contributed by atoms with van der Waals surface area (Å²) in [5, 5.41) is 3.43. The van der Waals surface area contributed by atoms with Crippen LogP contribution in [0, 0.1) is 0 Å². The zero-order chi connectivity index (χ0) is 17.4. The molecule has 1 amide bonds. The first-order chi connectivity index (χ1) is 12.1. The molecule has 2 heterocycles. The molecule has 0 aliphatic carbocycles. The Balaban J connectivity index is 1.76. The summed E-state index contributed by atoms with van der Waals surface area (Å²) in [6, 6.07) is 16.9. The number of hydrogen-bond acceptors (Lipinski definition) is 2. The first-order valence-electron chi connectivity index (χ1n) is 8.02. The van der Waals surface area contributed by atoms with Crippen LogP contribution in [0.4, 0.5) is 0 Å². The second kappa shape index (κ2) is 6.83. The van der Waals surface area contributed by atoms with E-state index in [9.17, 15) is 4.79 Å². The van der Waals surface area contributed by atoms with Gasteiger partial charge in [0, 0.05) is 27.0 Å². The van der Waals surface area contributed by atoms with Gasteiger partial charge in [-0.2, -0.15) is 0 Å². The van der Waals surface area contributed by atoms with Gasteiger partial charge in [-0.15, -0.1) is 11.3 Å². The third kappa shape index (κ3) is 3.20. The Labute approximate surface area is 160 Å². The molecule has 25 heavy (non-hydrogen) atoms. The van der Waals surface area contributed by atoms with Crippen molar-refractivity contribution in [2.75, 3.05) is 6.54 Å². The van der Waals surface area contributed by atoms with E-state index >= 15 is 0 Å². The van der Waals surface area contributed by atoms with Crippen LogP contribution in [0.2, 0.25) is 10.0 Å².